The number of carbonyl (C=O) groups excluding carboxylic acids is 1. The standard InChI is InChI=1S/C23H15Cl3N2O2/c24-18-7-4-15(5-8-18)23(29)28-11-10-22(27-28)16-2-1-3-20(12-16)30-14-17-6-9-19(25)13-21(17)26/h1-13H,14H2. The van der Waals surface area contributed by atoms with Gasteiger partial charge >= 0.3 is 0 Å². The van der Waals surface area contributed by atoms with Crippen LogP contribution in [0.25, 0.3) is 11.3 Å². The fourth-order valence-corrected chi connectivity index (χ4v) is 3.45. The van der Waals surface area contributed by atoms with E-state index in [1.54, 1.807) is 48.7 Å². The topological polar surface area (TPSA) is 44.1 Å². The first-order chi connectivity index (χ1) is 14.5. The van der Waals surface area contributed by atoms with E-state index in [2.05, 4.69) is 5.10 Å². The maximum Gasteiger partial charge on any atom is 0.278 e. The maximum atomic E-state index is 12.6. The van der Waals surface area contributed by atoms with E-state index in [9.17, 15) is 4.79 Å². The third-order valence-electron chi connectivity index (χ3n) is 4.43. The molecule has 150 valence electrons. The molecule has 4 rings (SSSR count). The molecular formula is C23H15Cl3N2O2. The molecule has 30 heavy (non-hydrogen) atoms. The molecule has 0 aliphatic rings. The lowest BCUT2D eigenvalue weighted by Crippen LogP contribution is -2.12. The Bertz CT molecular complexity index is 1200. The lowest BCUT2D eigenvalue weighted by atomic mass is 10.1. The van der Waals surface area contributed by atoms with Crippen LogP contribution < -0.4 is 4.74 Å². The van der Waals surface area contributed by atoms with Gasteiger partial charge in [-0.2, -0.15) is 5.10 Å². The van der Waals surface area contributed by atoms with Crippen molar-refractivity contribution in [2.45, 2.75) is 6.61 Å². The highest BCUT2D eigenvalue weighted by atomic mass is 35.5. The van der Waals surface area contributed by atoms with Crippen molar-refractivity contribution in [3.05, 3.63) is 105 Å². The van der Waals surface area contributed by atoms with Crippen LogP contribution in [0.4, 0.5) is 0 Å². The van der Waals surface area contributed by atoms with Gasteiger partial charge in [-0.25, -0.2) is 4.68 Å². The zero-order valence-corrected chi connectivity index (χ0v) is 17.8. The Morgan fingerprint density at radius 2 is 1.67 bits per heavy atom. The normalized spacial score (nSPS) is 10.8. The number of rotatable bonds is 5. The SMILES string of the molecule is O=C(c1ccc(Cl)cc1)n1ccc(-c2cccc(OCc3ccc(Cl)cc3Cl)c2)n1. The summed E-state index contributed by atoms with van der Waals surface area (Å²) in [6, 6.07) is 21.2. The summed E-state index contributed by atoms with van der Waals surface area (Å²) >= 11 is 18.0. The van der Waals surface area contributed by atoms with Gasteiger partial charge in [0.15, 0.2) is 0 Å². The molecule has 0 spiro atoms. The Labute approximate surface area is 188 Å². The summed E-state index contributed by atoms with van der Waals surface area (Å²) in [7, 11) is 0. The third-order valence-corrected chi connectivity index (χ3v) is 5.27. The minimum absolute atomic E-state index is 0.234. The van der Waals surface area contributed by atoms with Crippen LogP contribution in [-0.4, -0.2) is 15.7 Å². The van der Waals surface area contributed by atoms with E-state index >= 15 is 0 Å². The second-order valence-corrected chi connectivity index (χ2v) is 7.79. The molecule has 3 aromatic carbocycles. The highest BCUT2D eigenvalue weighted by Crippen LogP contribution is 2.26. The molecule has 0 aliphatic heterocycles. The van der Waals surface area contributed by atoms with Crippen molar-refractivity contribution in [1.82, 2.24) is 9.78 Å². The van der Waals surface area contributed by atoms with Crippen LogP contribution in [-0.2, 0) is 6.61 Å². The summed E-state index contributed by atoms with van der Waals surface area (Å²) in [4.78, 5) is 12.6. The molecule has 0 amide bonds. The first-order valence-electron chi connectivity index (χ1n) is 9.03. The summed E-state index contributed by atoms with van der Waals surface area (Å²) < 4.78 is 7.17. The number of halogens is 3. The fourth-order valence-electron chi connectivity index (χ4n) is 2.86. The van der Waals surface area contributed by atoms with Crippen molar-refractivity contribution in [2.24, 2.45) is 0 Å². The highest BCUT2D eigenvalue weighted by Gasteiger charge is 2.12. The lowest BCUT2D eigenvalue weighted by molar-refractivity contribution is 0.0945. The Balaban J connectivity index is 1.50. The van der Waals surface area contributed by atoms with Crippen molar-refractivity contribution in [2.75, 3.05) is 0 Å². The van der Waals surface area contributed by atoms with E-state index in [0.29, 0.717) is 38.7 Å². The van der Waals surface area contributed by atoms with Crippen LogP contribution in [0.3, 0.4) is 0 Å². The van der Waals surface area contributed by atoms with Gasteiger partial charge in [-0.15, -0.1) is 0 Å². The van der Waals surface area contributed by atoms with Gasteiger partial charge in [0.1, 0.15) is 12.4 Å². The molecule has 0 N–H and O–H groups in total. The van der Waals surface area contributed by atoms with E-state index in [4.69, 9.17) is 39.5 Å². The Morgan fingerprint density at radius 3 is 2.43 bits per heavy atom. The van der Waals surface area contributed by atoms with Gasteiger partial charge in [-0.3, -0.25) is 4.79 Å². The maximum absolute atomic E-state index is 12.6. The Morgan fingerprint density at radius 1 is 0.900 bits per heavy atom. The third kappa shape index (κ3) is 4.68. The molecule has 1 aromatic heterocycles. The summed E-state index contributed by atoms with van der Waals surface area (Å²) in [6.07, 6.45) is 1.63. The number of ether oxygens (including phenoxy) is 1. The van der Waals surface area contributed by atoms with Gasteiger partial charge in [0.2, 0.25) is 0 Å². The van der Waals surface area contributed by atoms with Crippen molar-refractivity contribution in [1.29, 1.82) is 0 Å². The van der Waals surface area contributed by atoms with Crippen LogP contribution >= 0.6 is 34.8 Å². The smallest absolute Gasteiger partial charge is 0.278 e. The average Bonchev–Trinajstić information content (AvgIpc) is 3.24. The van der Waals surface area contributed by atoms with Crippen LogP contribution in [0.2, 0.25) is 15.1 Å². The predicted octanol–water partition coefficient (Wildman–Crippen LogP) is 6.78. The first-order valence-corrected chi connectivity index (χ1v) is 10.2. The van der Waals surface area contributed by atoms with Crippen LogP contribution in [0.5, 0.6) is 5.75 Å². The zero-order chi connectivity index (χ0) is 21.1. The van der Waals surface area contributed by atoms with E-state index in [0.717, 1.165) is 11.1 Å². The Kier molecular flexibility index (Phi) is 6.09. The molecule has 0 aliphatic carbocycles. The van der Waals surface area contributed by atoms with Gasteiger partial charge in [0, 0.05) is 38.0 Å². The Hall–Kier alpha value is -2.79. The summed E-state index contributed by atoms with van der Waals surface area (Å²) in [6.45, 7) is 0.308. The van der Waals surface area contributed by atoms with Crippen molar-refractivity contribution in [3.63, 3.8) is 0 Å². The minimum Gasteiger partial charge on any atom is -0.489 e. The molecule has 1 heterocycles. The highest BCUT2D eigenvalue weighted by molar-refractivity contribution is 6.35. The molecule has 4 aromatic rings. The molecule has 0 unspecified atom stereocenters. The van der Waals surface area contributed by atoms with Gasteiger partial charge in [0.05, 0.1) is 5.69 Å². The summed E-state index contributed by atoms with van der Waals surface area (Å²) in [5.41, 5.74) is 2.83. The molecule has 0 bridgehead atoms. The monoisotopic (exact) mass is 456 g/mol. The molecule has 0 radical (unpaired) electrons. The molecule has 0 saturated heterocycles. The van der Waals surface area contributed by atoms with Gasteiger partial charge in [-0.05, 0) is 54.6 Å². The van der Waals surface area contributed by atoms with E-state index < -0.39 is 0 Å². The second-order valence-electron chi connectivity index (χ2n) is 6.51. The van der Waals surface area contributed by atoms with Crippen molar-refractivity contribution in [3.8, 4) is 17.0 Å². The molecular weight excluding hydrogens is 443 g/mol. The zero-order valence-electron chi connectivity index (χ0n) is 15.6. The predicted molar refractivity (Wildman–Crippen MR) is 120 cm³/mol. The lowest BCUT2D eigenvalue weighted by Gasteiger charge is -2.09. The fraction of sp³-hybridized carbons (Fsp3) is 0.0435. The largest absolute Gasteiger partial charge is 0.489 e. The minimum atomic E-state index is -0.234. The van der Waals surface area contributed by atoms with E-state index in [1.165, 1.54) is 4.68 Å². The van der Waals surface area contributed by atoms with Gasteiger partial charge in [0.25, 0.3) is 5.91 Å². The number of hydrogen-bond acceptors (Lipinski definition) is 3. The van der Waals surface area contributed by atoms with Crippen LogP contribution in [0, 0.1) is 0 Å². The van der Waals surface area contributed by atoms with E-state index in [-0.39, 0.29) is 5.91 Å². The molecule has 0 fully saturated rings. The van der Waals surface area contributed by atoms with Gasteiger partial charge in [-0.1, -0.05) is 53.0 Å². The summed E-state index contributed by atoms with van der Waals surface area (Å²) in [5.74, 6) is 0.430. The number of aromatic nitrogens is 2. The molecule has 4 nitrogen and oxygen atoms in total. The van der Waals surface area contributed by atoms with Crippen LogP contribution in [0.15, 0.2) is 79.0 Å². The number of carbonyl (C=O) groups is 1. The summed E-state index contributed by atoms with van der Waals surface area (Å²) in [5, 5.41) is 6.11. The number of hydrogen-bond donors (Lipinski definition) is 0. The molecule has 7 heteroatoms. The second kappa shape index (κ2) is 8.92. The molecule has 0 atom stereocenters. The van der Waals surface area contributed by atoms with Crippen LogP contribution in [0.1, 0.15) is 15.9 Å². The number of nitrogens with zero attached hydrogens (tertiary/aromatic N) is 2. The van der Waals surface area contributed by atoms with Crippen molar-refractivity contribution < 1.29 is 9.53 Å². The quantitative estimate of drug-likeness (QED) is 0.332. The molecule has 0 saturated carbocycles. The van der Waals surface area contributed by atoms with Gasteiger partial charge < -0.3 is 4.74 Å². The number of benzene rings is 3. The van der Waals surface area contributed by atoms with Crippen molar-refractivity contribution >= 4 is 40.7 Å². The average molecular weight is 458 g/mol. The van der Waals surface area contributed by atoms with E-state index in [1.807, 2.05) is 30.3 Å². The first kappa shape index (κ1) is 20.5.